The van der Waals surface area contributed by atoms with Gasteiger partial charge in [-0.25, -0.2) is 0 Å². The van der Waals surface area contributed by atoms with Gasteiger partial charge < -0.3 is 24.3 Å². The van der Waals surface area contributed by atoms with Crippen LogP contribution in [0.2, 0.25) is 0 Å². The highest BCUT2D eigenvalue weighted by Crippen LogP contribution is 2.43. The van der Waals surface area contributed by atoms with Crippen molar-refractivity contribution in [1.29, 1.82) is 0 Å². The fourth-order valence-electron chi connectivity index (χ4n) is 5.93. The first kappa shape index (κ1) is 30.4. The Hall–Kier alpha value is -3.51. The Balaban J connectivity index is 0.000000251. The van der Waals surface area contributed by atoms with Crippen LogP contribution in [0.1, 0.15) is 73.4 Å². The molecule has 2 atom stereocenters. The summed E-state index contributed by atoms with van der Waals surface area (Å²) in [6, 6.07) is 19.3. The van der Waals surface area contributed by atoms with Gasteiger partial charge in [0.1, 0.15) is 25.2 Å². The van der Waals surface area contributed by atoms with Crippen LogP contribution in [0.5, 0.6) is 17.2 Å². The maximum atomic E-state index is 11.2. The molecule has 5 rings (SSSR count). The van der Waals surface area contributed by atoms with E-state index in [-0.39, 0.29) is 6.04 Å². The van der Waals surface area contributed by atoms with Gasteiger partial charge in [0.2, 0.25) is 0 Å². The Kier molecular flexibility index (Phi) is 11.1. The summed E-state index contributed by atoms with van der Waals surface area (Å²) in [5.41, 5.74) is 8.03. The van der Waals surface area contributed by atoms with E-state index in [9.17, 15) is 4.79 Å². The van der Waals surface area contributed by atoms with E-state index in [1.165, 1.54) is 33.5 Å². The molecule has 220 valence electrons. The largest absolute Gasteiger partial charge is 0.494 e. The van der Waals surface area contributed by atoms with Gasteiger partial charge in [-0.1, -0.05) is 56.7 Å². The first-order chi connectivity index (χ1) is 20.0. The standard InChI is InChI=1S/C23H27NO4.C12H19N/c1-2-11-26-20-6-3-17(4-7-20)21-14-19(16-24(21)9-10-25)18-5-8-22-23(15-18)28-13-12-27-22;1-5-10-7-9(3)8-11(6-2)12(10)13-4/h3-8,10,15,19,21H,2,9,11-14,16H2,1H3;7-8,13H,5-6H2,1-4H3/t19-,21-;/m1./s1. The number of nitrogens with zero attached hydrogens (tertiary/aromatic N) is 1. The summed E-state index contributed by atoms with van der Waals surface area (Å²) in [4.78, 5) is 13.5. The lowest BCUT2D eigenvalue weighted by Gasteiger charge is -2.22. The van der Waals surface area contributed by atoms with Gasteiger partial charge in [-0.3, -0.25) is 4.90 Å². The van der Waals surface area contributed by atoms with Gasteiger partial charge in [-0.05, 0) is 85.0 Å². The molecule has 0 aliphatic carbocycles. The topological polar surface area (TPSA) is 60.0 Å². The minimum Gasteiger partial charge on any atom is -0.494 e. The Morgan fingerprint density at radius 1 is 0.927 bits per heavy atom. The van der Waals surface area contributed by atoms with Crippen LogP contribution >= 0.6 is 0 Å². The third-order valence-corrected chi connectivity index (χ3v) is 7.95. The zero-order valence-electron chi connectivity index (χ0n) is 25.4. The summed E-state index contributed by atoms with van der Waals surface area (Å²) in [5, 5.41) is 3.29. The van der Waals surface area contributed by atoms with Crippen LogP contribution in [-0.2, 0) is 17.6 Å². The molecule has 0 bridgehead atoms. The summed E-state index contributed by atoms with van der Waals surface area (Å²) < 4.78 is 17.1. The second kappa shape index (κ2) is 14.9. The zero-order valence-corrected chi connectivity index (χ0v) is 25.4. The third kappa shape index (κ3) is 7.62. The molecule has 0 aromatic heterocycles. The molecule has 41 heavy (non-hydrogen) atoms. The van der Waals surface area contributed by atoms with Crippen molar-refractivity contribution >= 4 is 12.0 Å². The van der Waals surface area contributed by atoms with Crippen molar-refractivity contribution in [2.45, 2.75) is 65.3 Å². The van der Waals surface area contributed by atoms with E-state index >= 15 is 0 Å². The van der Waals surface area contributed by atoms with Crippen molar-refractivity contribution in [3.63, 3.8) is 0 Å². The number of aldehydes is 1. The van der Waals surface area contributed by atoms with E-state index in [1.807, 2.05) is 25.2 Å². The summed E-state index contributed by atoms with van der Waals surface area (Å²) in [6.45, 7) is 11.9. The monoisotopic (exact) mass is 558 g/mol. The zero-order chi connectivity index (χ0) is 29.2. The van der Waals surface area contributed by atoms with Gasteiger partial charge >= 0.3 is 0 Å². The first-order valence-electron chi connectivity index (χ1n) is 15.1. The van der Waals surface area contributed by atoms with Crippen LogP contribution in [0.3, 0.4) is 0 Å². The molecule has 3 aromatic rings. The molecule has 6 nitrogen and oxygen atoms in total. The van der Waals surface area contributed by atoms with Crippen molar-refractivity contribution in [2.75, 3.05) is 45.3 Å². The molecule has 2 aliphatic heterocycles. The molecule has 1 N–H and O–H groups in total. The van der Waals surface area contributed by atoms with E-state index in [0.717, 1.165) is 62.4 Å². The maximum absolute atomic E-state index is 11.2. The van der Waals surface area contributed by atoms with Crippen molar-refractivity contribution in [2.24, 2.45) is 0 Å². The Morgan fingerprint density at radius 3 is 2.20 bits per heavy atom. The van der Waals surface area contributed by atoms with E-state index in [0.29, 0.717) is 25.7 Å². The average Bonchev–Trinajstić information content (AvgIpc) is 3.43. The molecule has 0 spiro atoms. The predicted octanol–water partition coefficient (Wildman–Crippen LogP) is 7.14. The van der Waals surface area contributed by atoms with Gasteiger partial charge in [0.15, 0.2) is 11.5 Å². The van der Waals surface area contributed by atoms with Gasteiger partial charge in [0.05, 0.1) is 13.2 Å². The molecular formula is C35H46N2O4. The van der Waals surface area contributed by atoms with Crippen LogP contribution in [0, 0.1) is 6.92 Å². The predicted molar refractivity (Wildman–Crippen MR) is 167 cm³/mol. The van der Waals surface area contributed by atoms with E-state index in [4.69, 9.17) is 14.2 Å². The molecular weight excluding hydrogens is 512 g/mol. The average molecular weight is 559 g/mol. The molecule has 6 heteroatoms. The van der Waals surface area contributed by atoms with Crippen LogP contribution < -0.4 is 19.5 Å². The summed E-state index contributed by atoms with van der Waals surface area (Å²) in [7, 11) is 2.00. The number of hydrogen-bond donors (Lipinski definition) is 1. The number of hydrogen-bond acceptors (Lipinski definition) is 6. The number of fused-ring (bicyclic) bond motifs is 1. The molecule has 0 saturated carbocycles. The second-order valence-corrected chi connectivity index (χ2v) is 10.8. The first-order valence-corrected chi connectivity index (χ1v) is 15.1. The number of aryl methyl sites for hydroxylation is 3. The SMILES string of the molecule is CCCOc1ccc([C@H]2C[C@@H](c3ccc4c(c3)OCCO4)CN2CC=O)cc1.CCc1cc(C)cc(CC)c1NC. The molecule has 1 fully saturated rings. The maximum Gasteiger partial charge on any atom is 0.161 e. The molecule has 2 heterocycles. The lowest BCUT2D eigenvalue weighted by atomic mass is 9.93. The second-order valence-electron chi connectivity index (χ2n) is 10.8. The van der Waals surface area contributed by atoms with Gasteiger partial charge in [-0.15, -0.1) is 0 Å². The number of rotatable bonds is 10. The lowest BCUT2D eigenvalue weighted by Crippen LogP contribution is -2.25. The summed E-state index contributed by atoms with van der Waals surface area (Å²) >= 11 is 0. The fourth-order valence-corrected chi connectivity index (χ4v) is 5.93. The van der Waals surface area contributed by atoms with Crippen molar-refractivity contribution in [3.05, 3.63) is 82.4 Å². The number of carbonyl (C=O) groups is 1. The number of likely N-dealkylation sites (tertiary alicyclic amines) is 1. The highest BCUT2D eigenvalue weighted by molar-refractivity contribution is 5.59. The third-order valence-electron chi connectivity index (χ3n) is 7.95. The van der Waals surface area contributed by atoms with Crippen molar-refractivity contribution < 1.29 is 19.0 Å². The van der Waals surface area contributed by atoms with Crippen LogP contribution in [0.4, 0.5) is 5.69 Å². The number of nitrogens with one attached hydrogen (secondary N) is 1. The number of benzene rings is 3. The van der Waals surface area contributed by atoms with E-state index in [2.05, 4.69) is 74.3 Å². The molecule has 0 radical (unpaired) electrons. The normalized spacial score (nSPS) is 17.9. The minimum atomic E-state index is 0.226. The quantitative estimate of drug-likeness (QED) is 0.267. The lowest BCUT2D eigenvalue weighted by molar-refractivity contribution is -0.109. The number of anilines is 1. The molecule has 0 amide bonds. The molecule has 1 saturated heterocycles. The fraction of sp³-hybridized carbons (Fsp3) is 0.457. The highest BCUT2D eigenvalue weighted by Gasteiger charge is 2.34. The van der Waals surface area contributed by atoms with Gasteiger partial charge in [0.25, 0.3) is 0 Å². The smallest absolute Gasteiger partial charge is 0.161 e. The van der Waals surface area contributed by atoms with Gasteiger partial charge in [0, 0.05) is 25.3 Å². The highest BCUT2D eigenvalue weighted by atomic mass is 16.6. The number of ether oxygens (including phenoxy) is 3. The minimum absolute atomic E-state index is 0.226. The van der Waals surface area contributed by atoms with Crippen LogP contribution in [0.15, 0.2) is 54.6 Å². The van der Waals surface area contributed by atoms with Crippen molar-refractivity contribution in [3.8, 4) is 17.2 Å². The molecule has 3 aromatic carbocycles. The van der Waals surface area contributed by atoms with Crippen LogP contribution in [0.25, 0.3) is 0 Å². The van der Waals surface area contributed by atoms with Crippen LogP contribution in [-0.4, -0.2) is 51.1 Å². The molecule has 0 unspecified atom stereocenters. The number of carbonyl (C=O) groups excluding carboxylic acids is 1. The van der Waals surface area contributed by atoms with E-state index < -0.39 is 0 Å². The van der Waals surface area contributed by atoms with Crippen molar-refractivity contribution in [1.82, 2.24) is 4.90 Å². The van der Waals surface area contributed by atoms with Gasteiger partial charge in [-0.2, -0.15) is 0 Å². The summed E-state index contributed by atoms with van der Waals surface area (Å²) in [6.07, 6.45) is 5.17. The molecule has 2 aliphatic rings. The summed E-state index contributed by atoms with van der Waals surface area (Å²) in [5.74, 6) is 2.90. The Bertz CT molecular complexity index is 1250. The Labute approximate surface area is 246 Å². The van der Waals surface area contributed by atoms with E-state index in [1.54, 1.807) is 0 Å². The Morgan fingerprint density at radius 2 is 1.59 bits per heavy atom.